The lowest BCUT2D eigenvalue weighted by Gasteiger charge is -2.15. The van der Waals surface area contributed by atoms with Crippen LogP contribution in [-0.2, 0) is 12.8 Å². The van der Waals surface area contributed by atoms with E-state index < -0.39 is 0 Å². The molecule has 0 spiro atoms. The first-order valence-corrected chi connectivity index (χ1v) is 8.94. The van der Waals surface area contributed by atoms with E-state index in [0.717, 1.165) is 34.2 Å². The SMILES string of the molecule is Cc1nc(Cc2ccc(NC(=O)N[C@H](C)Cc3ncccc3C)cc2)n[nH]1. The maximum absolute atomic E-state index is 12.2. The number of hydrogen-bond donors (Lipinski definition) is 3. The Labute approximate surface area is 158 Å². The molecule has 2 aromatic heterocycles. The van der Waals surface area contributed by atoms with Crippen molar-refractivity contribution in [2.24, 2.45) is 0 Å². The van der Waals surface area contributed by atoms with Gasteiger partial charge >= 0.3 is 6.03 Å². The molecule has 0 saturated heterocycles. The van der Waals surface area contributed by atoms with Crippen LogP contribution in [0.2, 0.25) is 0 Å². The molecule has 0 aliphatic heterocycles. The van der Waals surface area contributed by atoms with Crippen LogP contribution in [0.5, 0.6) is 0 Å². The molecular formula is C20H24N6O. The molecule has 0 aliphatic carbocycles. The van der Waals surface area contributed by atoms with Gasteiger partial charge in [-0.15, -0.1) is 0 Å². The van der Waals surface area contributed by atoms with E-state index in [0.29, 0.717) is 12.8 Å². The Bertz CT molecular complexity index is 903. The third-order valence-electron chi connectivity index (χ3n) is 4.21. The van der Waals surface area contributed by atoms with Crippen molar-refractivity contribution in [1.29, 1.82) is 0 Å². The summed E-state index contributed by atoms with van der Waals surface area (Å²) < 4.78 is 0. The number of hydrogen-bond acceptors (Lipinski definition) is 4. The number of H-pyrrole nitrogens is 1. The minimum Gasteiger partial charge on any atom is -0.335 e. The molecule has 7 nitrogen and oxygen atoms in total. The second-order valence-corrected chi connectivity index (χ2v) is 6.68. The lowest BCUT2D eigenvalue weighted by molar-refractivity contribution is 0.249. The number of aryl methyl sites for hydroxylation is 2. The first-order chi connectivity index (χ1) is 13.0. The minimum atomic E-state index is -0.228. The fourth-order valence-electron chi connectivity index (χ4n) is 2.82. The smallest absolute Gasteiger partial charge is 0.319 e. The molecule has 140 valence electrons. The molecule has 3 N–H and O–H groups in total. The summed E-state index contributed by atoms with van der Waals surface area (Å²) in [6.45, 7) is 5.87. The van der Waals surface area contributed by atoms with Gasteiger partial charge in [0, 0.05) is 36.5 Å². The van der Waals surface area contributed by atoms with Crippen molar-refractivity contribution in [3.05, 3.63) is 71.1 Å². The molecule has 0 aliphatic rings. The highest BCUT2D eigenvalue weighted by atomic mass is 16.2. The molecule has 0 radical (unpaired) electrons. The van der Waals surface area contributed by atoms with Gasteiger partial charge in [-0.1, -0.05) is 18.2 Å². The number of nitrogens with zero attached hydrogens (tertiary/aromatic N) is 3. The van der Waals surface area contributed by atoms with Gasteiger partial charge in [-0.3, -0.25) is 10.1 Å². The van der Waals surface area contributed by atoms with Crippen molar-refractivity contribution in [1.82, 2.24) is 25.5 Å². The summed E-state index contributed by atoms with van der Waals surface area (Å²) in [4.78, 5) is 20.9. The van der Waals surface area contributed by atoms with Gasteiger partial charge in [-0.2, -0.15) is 5.10 Å². The number of benzene rings is 1. The van der Waals surface area contributed by atoms with Gasteiger partial charge in [0.1, 0.15) is 5.82 Å². The number of urea groups is 1. The second kappa shape index (κ2) is 8.44. The van der Waals surface area contributed by atoms with E-state index >= 15 is 0 Å². The Morgan fingerprint density at radius 2 is 1.96 bits per heavy atom. The predicted molar refractivity (Wildman–Crippen MR) is 105 cm³/mol. The zero-order chi connectivity index (χ0) is 19.2. The second-order valence-electron chi connectivity index (χ2n) is 6.68. The van der Waals surface area contributed by atoms with Crippen LogP contribution in [0.1, 0.15) is 35.4 Å². The summed E-state index contributed by atoms with van der Waals surface area (Å²) in [5.41, 5.74) is 3.95. The fraction of sp³-hybridized carbons (Fsp3) is 0.300. The number of aromatic nitrogens is 4. The summed E-state index contributed by atoms with van der Waals surface area (Å²) in [6, 6.07) is 11.4. The number of rotatable bonds is 6. The van der Waals surface area contributed by atoms with Gasteiger partial charge in [0.05, 0.1) is 0 Å². The maximum Gasteiger partial charge on any atom is 0.319 e. The third-order valence-corrected chi connectivity index (χ3v) is 4.21. The van der Waals surface area contributed by atoms with Gasteiger partial charge in [-0.05, 0) is 50.1 Å². The Kier molecular flexibility index (Phi) is 5.80. The molecular weight excluding hydrogens is 340 g/mol. The summed E-state index contributed by atoms with van der Waals surface area (Å²) in [6.07, 6.45) is 3.11. The molecule has 1 aromatic carbocycles. The van der Waals surface area contributed by atoms with Crippen LogP contribution in [-0.4, -0.2) is 32.2 Å². The van der Waals surface area contributed by atoms with E-state index in [-0.39, 0.29) is 12.1 Å². The van der Waals surface area contributed by atoms with Crippen molar-refractivity contribution in [3.63, 3.8) is 0 Å². The van der Waals surface area contributed by atoms with Gasteiger partial charge in [0.25, 0.3) is 0 Å². The third kappa shape index (κ3) is 5.37. The Hall–Kier alpha value is -3.22. The van der Waals surface area contributed by atoms with Gasteiger partial charge in [-0.25, -0.2) is 9.78 Å². The van der Waals surface area contributed by atoms with E-state index in [9.17, 15) is 4.79 Å². The van der Waals surface area contributed by atoms with Gasteiger partial charge in [0.2, 0.25) is 0 Å². The zero-order valence-electron chi connectivity index (χ0n) is 15.8. The molecule has 0 bridgehead atoms. The van der Waals surface area contributed by atoms with Crippen LogP contribution >= 0.6 is 0 Å². The first kappa shape index (κ1) is 18.6. The van der Waals surface area contributed by atoms with Crippen molar-refractivity contribution in [2.75, 3.05) is 5.32 Å². The molecule has 3 rings (SSSR count). The van der Waals surface area contributed by atoms with E-state index in [2.05, 4.69) is 30.8 Å². The van der Waals surface area contributed by atoms with Crippen molar-refractivity contribution in [3.8, 4) is 0 Å². The van der Waals surface area contributed by atoms with Crippen LogP contribution in [0.3, 0.4) is 0 Å². The predicted octanol–water partition coefficient (Wildman–Crippen LogP) is 3.16. The summed E-state index contributed by atoms with van der Waals surface area (Å²) in [5, 5.41) is 12.8. The molecule has 2 amide bonds. The normalized spacial score (nSPS) is 11.8. The van der Waals surface area contributed by atoms with Crippen LogP contribution in [0.25, 0.3) is 0 Å². The molecule has 0 saturated carbocycles. The fourth-order valence-corrected chi connectivity index (χ4v) is 2.82. The van der Waals surface area contributed by atoms with E-state index in [1.165, 1.54) is 0 Å². The van der Waals surface area contributed by atoms with Crippen molar-refractivity contribution >= 4 is 11.7 Å². The quantitative estimate of drug-likeness (QED) is 0.626. The number of pyridine rings is 1. The summed E-state index contributed by atoms with van der Waals surface area (Å²) in [5.74, 6) is 1.56. The lowest BCUT2D eigenvalue weighted by Crippen LogP contribution is -2.37. The number of amides is 2. The lowest BCUT2D eigenvalue weighted by atomic mass is 10.1. The Balaban J connectivity index is 1.50. The number of nitrogens with one attached hydrogen (secondary N) is 3. The highest BCUT2D eigenvalue weighted by Gasteiger charge is 2.10. The largest absolute Gasteiger partial charge is 0.335 e. The van der Waals surface area contributed by atoms with Gasteiger partial charge in [0.15, 0.2) is 5.82 Å². The molecule has 0 unspecified atom stereocenters. The zero-order valence-corrected chi connectivity index (χ0v) is 15.8. The number of aromatic amines is 1. The highest BCUT2D eigenvalue weighted by molar-refractivity contribution is 5.89. The molecule has 27 heavy (non-hydrogen) atoms. The molecule has 3 aromatic rings. The monoisotopic (exact) mass is 364 g/mol. The summed E-state index contributed by atoms with van der Waals surface area (Å²) in [7, 11) is 0. The molecule has 0 fully saturated rings. The Morgan fingerprint density at radius 3 is 2.63 bits per heavy atom. The van der Waals surface area contributed by atoms with Crippen molar-refractivity contribution in [2.45, 2.75) is 39.7 Å². The average Bonchev–Trinajstić information content (AvgIpc) is 3.03. The molecule has 2 heterocycles. The van der Waals surface area contributed by atoms with Crippen LogP contribution in [0, 0.1) is 13.8 Å². The molecule has 7 heteroatoms. The maximum atomic E-state index is 12.2. The standard InChI is InChI=1S/C20H24N6O/c1-13-5-4-10-21-18(13)11-14(2)22-20(27)24-17-8-6-16(7-9-17)12-19-23-15(3)25-26-19/h4-10,14H,11-12H2,1-3H3,(H2,22,24,27)(H,23,25,26)/t14-/m1/s1. The summed E-state index contributed by atoms with van der Waals surface area (Å²) >= 11 is 0. The topological polar surface area (TPSA) is 95.6 Å². The number of carbonyl (C=O) groups is 1. The number of carbonyl (C=O) groups excluding carboxylic acids is 1. The highest BCUT2D eigenvalue weighted by Crippen LogP contribution is 2.12. The van der Waals surface area contributed by atoms with Crippen LogP contribution in [0.4, 0.5) is 10.5 Å². The number of anilines is 1. The van der Waals surface area contributed by atoms with Crippen molar-refractivity contribution < 1.29 is 4.79 Å². The van der Waals surface area contributed by atoms with E-state index in [1.54, 1.807) is 6.20 Å². The molecule has 1 atom stereocenters. The van der Waals surface area contributed by atoms with E-state index in [4.69, 9.17) is 0 Å². The Morgan fingerprint density at radius 1 is 1.19 bits per heavy atom. The minimum absolute atomic E-state index is 0.0214. The van der Waals surface area contributed by atoms with Gasteiger partial charge < -0.3 is 10.6 Å². The van der Waals surface area contributed by atoms with Crippen LogP contribution in [0.15, 0.2) is 42.6 Å². The first-order valence-electron chi connectivity index (χ1n) is 8.94. The van der Waals surface area contributed by atoms with Crippen LogP contribution < -0.4 is 10.6 Å². The van der Waals surface area contributed by atoms with E-state index in [1.807, 2.05) is 57.2 Å². The average molecular weight is 364 g/mol.